The van der Waals surface area contributed by atoms with E-state index in [2.05, 4.69) is 142 Å². The van der Waals surface area contributed by atoms with Gasteiger partial charge in [0, 0.05) is 19.3 Å². The highest BCUT2D eigenvalue weighted by molar-refractivity contribution is 5.71. The van der Waals surface area contributed by atoms with Crippen LogP contribution < -0.4 is 0 Å². The van der Waals surface area contributed by atoms with E-state index in [-0.39, 0.29) is 31.1 Å². The van der Waals surface area contributed by atoms with Crippen molar-refractivity contribution in [1.82, 2.24) is 0 Å². The number of hydrogen-bond acceptors (Lipinski definition) is 6. The molecule has 0 radical (unpaired) electrons. The van der Waals surface area contributed by atoms with Crippen molar-refractivity contribution in [3.63, 3.8) is 0 Å². The number of rotatable bonds is 62. The Kier molecular flexibility index (Phi) is 65.8. The highest BCUT2D eigenvalue weighted by Gasteiger charge is 2.19. The molecule has 82 heavy (non-hydrogen) atoms. The second-order valence-corrected chi connectivity index (χ2v) is 22.7. The Morgan fingerprint density at radius 2 is 0.476 bits per heavy atom. The van der Waals surface area contributed by atoms with Gasteiger partial charge in [-0.1, -0.05) is 290 Å². The smallest absolute Gasteiger partial charge is 0.306 e. The second kappa shape index (κ2) is 69.3. The van der Waals surface area contributed by atoms with Crippen molar-refractivity contribution in [2.24, 2.45) is 0 Å². The largest absolute Gasteiger partial charge is 0.462 e. The van der Waals surface area contributed by atoms with Crippen LogP contribution in [-0.4, -0.2) is 37.2 Å². The first-order valence-corrected chi connectivity index (χ1v) is 34.5. The van der Waals surface area contributed by atoms with Gasteiger partial charge in [0.25, 0.3) is 0 Å². The van der Waals surface area contributed by atoms with E-state index < -0.39 is 6.10 Å². The summed E-state index contributed by atoms with van der Waals surface area (Å²) in [4.78, 5) is 38.4. The van der Waals surface area contributed by atoms with Crippen LogP contribution in [-0.2, 0) is 28.6 Å². The molecule has 6 heteroatoms. The molecule has 0 heterocycles. The molecule has 1 unspecified atom stereocenters. The van der Waals surface area contributed by atoms with E-state index in [0.29, 0.717) is 19.3 Å². The van der Waals surface area contributed by atoms with Gasteiger partial charge < -0.3 is 14.2 Å². The molecule has 0 aliphatic rings. The minimum Gasteiger partial charge on any atom is -0.462 e. The third-order valence-corrected chi connectivity index (χ3v) is 14.7. The zero-order chi connectivity index (χ0) is 59.2. The average molecular weight is 1140 g/mol. The fourth-order valence-corrected chi connectivity index (χ4v) is 9.51. The van der Waals surface area contributed by atoms with Crippen LogP contribution in [0.1, 0.15) is 323 Å². The second-order valence-electron chi connectivity index (χ2n) is 22.7. The number of hydrogen-bond donors (Lipinski definition) is 0. The molecule has 0 saturated heterocycles. The first kappa shape index (κ1) is 77.8. The van der Waals surface area contributed by atoms with E-state index in [4.69, 9.17) is 14.2 Å². The standard InChI is InChI=1S/C76H128O6/c1-4-7-10-13-16-19-22-25-28-30-32-33-34-35-36-37-38-39-40-41-42-43-45-46-48-51-54-57-60-63-66-69-75(78)81-72-73(71-80-74(77)68-65-62-59-56-53-50-27-24-21-18-15-12-9-6-3)82-76(79)70-67-64-61-58-55-52-49-47-44-31-29-26-23-20-17-14-11-8-5-2/h7,10,16-17,19-20,24-29,32-33,35-36,38-39,44,47,73H,4-6,8-9,11-15,18,21-23,30-31,34,37,40-43,45-46,48-72H2,1-3H3/b10-7-,19-16-,20-17-,27-24-,28-25-,29-26-,33-32-,36-35-,39-38-,47-44-. The molecule has 0 aromatic rings. The van der Waals surface area contributed by atoms with Crippen molar-refractivity contribution in [3.05, 3.63) is 122 Å². The van der Waals surface area contributed by atoms with Gasteiger partial charge in [0.2, 0.25) is 0 Å². The molecule has 0 N–H and O–H groups in total. The van der Waals surface area contributed by atoms with Crippen LogP contribution in [0.25, 0.3) is 0 Å². The number of allylic oxidation sites excluding steroid dienone is 20. The molecule has 0 aliphatic carbocycles. The van der Waals surface area contributed by atoms with Gasteiger partial charge in [0.05, 0.1) is 0 Å². The lowest BCUT2D eigenvalue weighted by Gasteiger charge is -2.18. The molecule has 0 fully saturated rings. The number of ether oxygens (including phenoxy) is 3. The third-order valence-electron chi connectivity index (χ3n) is 14.7. The van der Waals surface area contributed by atoms with Gasteiger partial charge in [-0.15, -0.1) is 0 Å². The zero-order valence-corrected chi connectivity index (χ0v) is 53.7. The number of esters is 3. The SMILES string of the molecule is CC/C=C\C/C=C\C/C=C\C/C=C\C/C=C\C/C=C\CCCCCCCCCCCCCCC(=O)OCC(COC(=O)CCCCCCC/C=C\CCCCCCC)OC(=O)CCCCCCCC/C=C\C/C=C\C/C=C\CCCCC. The summed E-state index contributed by atoms with van der Waals surface area (Å²) in [7, 11) is 0. The van der Waals surface area contributed by atoms with E-state index in [1.54, 1.807) is 0 Å². The molecular weight excluding hydrogens is 1010 g/mol. The lowest BCUT2D eigenvalue weighted by molar-refractivity contribution is -0.167. The summed E-state index contributed by atoms with van der Waals surface area (Å²) in [5, 5.41) is 0. The highest BCUT2D eigenvalue weighted by Crippen LogP contribution is 2.16. The third kappa shape index (κ3) is 66.6. The molecule has 0 bridgehead atoms. The topological polar surface area (TPSA) is 78.9 Å². The van der Waals surface area contributed by atoms with Crippen molar-refractivity contribution in [1.29, 1.82) is 0 Å². The summed E-state index contributed by atoms with van der Waals surface area (Å²) < 4.78 is 16.9. The van der Waals surface area contributed by atoms with Gasteiger partial charge in [0.1, 0.15) is 13.2 Å². The summed E-state index contributed by atoms with van der Waals surface area (Å²) in [5.74, 6) is -0.901. The van der Waals surface area contributed by atoms with Crippen molar-refractivity contribution < 1.29 is 28.6 Å². The van der Waals surface area contributed by atoms with Crippen LogP contribution >= 0.6 is 0 Å². The molecule has 0 aliphatic heterocycles. The molecular formula is C76H128O6. The van der Waals surface area contributed by atoms with Crippen molar-refractivity contribution >= 4 is 17.9 Å². The maximum Gasteiger partial charge on any atom is 0.306 e. The normalized spacial score (nSPS) is 12.9. The quantitative estimate of drug-likeness (QED) is 0.0261. The van der Waals surface area contributed by atoms with Gasteiger partial charge in [0.15, 0.2) is 6.10 Å². The van der Waals surface area contributed by atoms with Crippen LogP contribution in [0.3, 0.4) is 0 Å². The lowest BCUT2D eigenvalue weighted by atomic mass is 10.0. The molecule has 0 amide bonds. The van der Waals surface area contributed by atoms with Crippen LogP contribution in [0, 0.1) is 0 Å². The van der Waals surface area contributed by atoms with Crippen LogP contribution in [0.15, 0.2) is 122 Å². The van der Waals surface area contributed by atoms with Crippen LogP contribution in [0.5, 0.6) is 0 Å². The molecule has 0 rings (SSSR count). The Balaban J connectivity index is 4.30. The fourth-order valence-electron chi connectivity index (χ4n) is 9.51. The van der Waals surface area contributed by atoms with Crippen molar-refractivity contribution in [3.8, 4) is 0 Å². The van der Waals surface area contributed by atoms with E-state index >= 15 is 0 Å². The Hall–Kier alpha value is -4.19. The summed E-state index contributed by atoms with van der Waals surface area (Å²) in [5.41, 5.74) is 0. The predicted molar refractivity (Wildman–Crippen MR) is 357 cm³/mol. The van der Waals surface area contributed by atoms with Gasteiger partial charge in [-0.25, -0.2) is 0 Å². The van der Waals surface area contributed by atoms with Crippen molar-refractivity contribution in [2.45, 2.75) is 329 Å². The van der Waals surface area contributed by atoms with Gasteiger partial charge >= 0.3 is 17.9 Å². The summed E-state index contributed by atoms with van der Waals surface area (Å²) >= 11 is 0. The predicted octanol–water partition coefficient (Wildman–Crippen LogP) is 23.9. The van der Waals surface area contributed by atoms with E-state index in [1.165, 1.54) is 154 Å². The average Bonchev–Trinajstić information content (AvgIpc) is 3.47. The van der Waals surface area contributed by atoms with Crippen molar-refractivity contribution in [2.75, 3.05) is 13.2 Å². The summed E-state index contributed by atoms with van der Waals surface area (Å²) in [6.45, 7) is 6.49. The monoisotopic (exact) mass is 1140 g/mol. The number of unbranched alkanes of at least 4 members (excludes halogenated alkanes) is 31. The fraction of sp³-hybridized carbons (Fsp3) is 0.697. The van der Waals surface area contributed by atoms with E-state index in [0.717, 1.165) is 128 Å². The summed E-state index contributed by atoms with van der Waals surface area (Å²) in [6.07, 6.45) is 96.4. The number of carbonyl (C=O) groups excluding carboxylic acids is 3. The maximum atomic E-state index is 12.9. The van der Waals surface area contributed by atoms with Crippen LogP contribution in [0.4, 0.5) is 0 Å². The van der Waals surface area contributed by atoms with Gasteiger partial charge in [-0.05, 0) is 135 Å². The first-order valence-electron chi connectivity index (χ1n) is 34.5. The number of carbonyl (C=O) groups is 3. The first-order chi connectivity index (χ1) is 40.5. The maximum absolute atomic E-state index is 12.9. The van der Waals surface area contributed by atoms with E-state index in [1.807, 2.05) is 0 Å². The van der Waals surface area contributed by atoms with E-state index in [9.17, 15) is 14.4 Å². The minimum atomic E-state index is -0.793. The molecule has 1 atom stereocenters. The molecule has 6 nitrogen and oxygen atoms in total. The Labute approximate surface area is 507 Å². The Morgan fingerprint density at radius 3 is 0.780 bits per heavy atom. The Bertz CT molecular complexity index is 1690. The molecule has 0 aromatic carbocycles. The Morgan fingerprint density at radius 1 is 0.256 bits per heavy atom. The lowest BCUT2D eigenvalue weighted by Crippen LogP contribution is -2.30. The minimum absolute atomic E-state index is 0.0874. The zero-order valence-electron chi connectivity index (χ0n) is 53.7. The van der Waals surface area contributed by atoms with Gasteiger partial charge in [-0.3, -0.25) is 14.4 Å². The summed E-state index contributed by atoms with van der Waals surface area (Å²) in [6, 6.07) is 0. The highest BCUT2D eigenvalue weighted by atomic mass is 16.6. The molecule has 0 saturated carbocycles. The van der Waals surface area contributed by atoms with Gasteiger partial charge in [-0.2, -0.15) is 0 Å². The molecule has 0 spiro atoms. The molecule has 468 valence electrons. The molecule has 0 aromatic heterocycles. The van der Waals surface area contributed by atoms with Crippen LogP contribution in [0.2, 0.25) is 0 Å².